The molecule has 2 N–H and O–H groups in total. The molecule has 0 aliphatic rings. The van der Waals surface area contributed by atoms with Gasteiger partial charge in [-0.25, -0.2) is 9.78 Å². The highest BCUT2D eigenvalue weighted by atomic mass is 79.9. The first-order valence-electron chi connectivity index (χ1n) is 5.36. The number of hydrogen-bond donors (Lipinski definition) is 2. The molecule has 3 rings (SSSR count). The quantitative estimate of drug-likeness (QED) is 0.692. The number of aryl methyl sites for hydroxylation is 1. The lowest BCUT2D eigenvalue weighted by Gasteiger charge is -1.95. The van der Waals surface area contributed by atoms with Crippen LogP contribution in [0.1, 0.15) is 0 Å². The van der Waals surface area contributed by atoms with Crippen molar-refractivity contribution in [3.63, 3.8) is 0 Å². The highest BCUT2D eigenvalue weighted by molar-refractivity contribution is 9.10. The van der Waals surface area contributed by atoms with Gasteiger partial charge in [0, 0.05) is 29.5 Å². The zero-order valence-electron chi connectivity index (χ0n) is 9.77. The van der Waals surface area contributed by atoms with E-state index in [0.717, 1.165) is 10.0 Å². The fraction of sp³-hybridized carbons (Fsp3) is 0.0909. The number of imidazole rings is 1. The van der Waals surface area contributed by atoms with E-state index in [1.807, 2.05) is 6.07 Å². The summed E-state index contributed by atoms with van der Waals surface area (Å²) in [6.07, 6.45) is 3.27. The van der Waals surface area contributed by atoms with E-state index >= 15 is 0 Å². The van der Waals surface area contributed by atoms with E-state index in [-0.39, 0.29) is 5.52 Å². The third kappa shape index (κ3) is 1.89. The second-order valence-corrected chi connectivity index (χ2v) is 4.91. The largest absolute Gasteiger partial charge is 0.332 e. The molecule has 7 nitrogen and oxygen atoms in total. The average Bonchev–Trinajstić information content (AvgIpc) is 2.82. The number of fused-ring (bicyclic) bond motifs is 1. The lowest BCUT2D eigenvalue weighted by Crippen LogP contribution is -2.28. The molecule has 0 radical (unpaired) electrons. The Morgan fingerprint density at radius 1 is 1.26 bits per heavy atom. The Morgan fingerprint density at radius 2 is 2.05 bits per heavy atom. The standard InChI is InChI=1S/C11H8BrN5O2/c1-17-9-7(10(18)16-11(17)19)14-8(15-9)5-2-6(12)4-13-3-5/h2-4H,1H3,(H,14,15)(H,16,18,19). The topological polar surface area (TPSA) is 96.4 Å². The van der Waals surface area contributed by atoms with Crippen LogP contribution in [0.4, 0.5) is 0 Å². The molecule has 19 heavy (non-hydrogen) atoms. The minimum atomic E-state index is -0.497. The van der Waals surface area contributed by atoms with Crippen molar-refractivity contribution in [2.24, 2.45) is 7.05 Å². The van der Waals surface area contributed by atoms with Gasteiger partial charge in [-0.3, -0.25) is 19.3 Å². The Hall–Kier alpha value is -2.22. The van der Waals surface area contributed by atoms with E-state index in [2.05, 4.69) is 35.9 Å². The van der Waals surface area contributed by atoms with Crippen LogP contribution in [0, 0.1) is 0 Å². The molecule has 0 aliphatic carbocycles. The van der Waals surface area contributed by atoms with Crippen molar-refractivity contribution >= 4 is 27.1 Å². The molecule has 0 bridgehead atoms. The molecule has 0 spiro atoms. The van der Waals surface area contributed by atoms with E-state index in [1.165, 1.54) is 4.57 Å². The molecule has 3 aromatic heterocycles. The van der Waals surface area contributed by atoms with Crippen LogP contribution in [-0.2, 0) is 7.05 Å². The number of halogens is 1. The molecule has 0 aliphatic heterocycles. The second kappa shape index (κ2) is 4.16. The van der Waals surface area contributed by atoms with Gasteiger partial charge in [-0.1, -0.05) is 0 Å². The minimum absolute atomic E-state index is 0.261. The maximum Gasteiger partial charge on any atom is 0.329 e. The molecule has 3 heterocycles. The van der Waals surface area contributed by atoms with E-state index in [0.29, 0.717) is 11.5 Å². The number of H-pyrrole nitrogens is 2. The third-order valence-corrected chi connectivity index (χ3v) is 3.17. The number of aromatic nitrogens is 5. The molecular weight excluding hydrogens is 314 g/mol. The van der Waals surface area contributed by atoms with Crippen molar-refractivity contribution < 1.29 is 0 Å². The lowest BCUT2D eigenvalue weighted by atomic mass is 10.3. The molecule has 0 saturated heterocycles. The van der Waals surface area contributed by atoms with Crippen molar-refractivity contribution in [1.82, 2.24) is 24.5 Å². The first-order chi connectivity index (χ1) is 9.06. The van der Waals surface area contributed by atoms with E-state index in [4.69, 9.17) is 0 Å². The monoisotopic (exact) mass is 321 g/mol. The van der Waals surface area contributed by atoms with Crippen LogP contribution < -0.4 is 11.2 Å². The molecule has 3 aromatic rings. The Kier molecular flexibility index (Phi) is 2.59. The maximum atomic E-state index is 11.7. The van der Waals surface area contributed by atoms with Gasteiger partial charge in [-0.2, -0.15) is 0 Å². The summed E-state index contributed by atoms with van der Waals surface area (Å²) in [6.45, 7) is 0. The number of hydrogen-bond acceptors (Lipinski definition) is 4. The predicted molar refractivity (Wildman–Crippen MR) is 72.9 cm³/mol. The van der Waals surface area contributed by atoms with Gasteiger partial charge in [-0.15, -0.1) is 0 Å². The molecule has 0 fully saturated rings. The summed E-state index contributed by atoms with van der Waals surface area (Å²) < 4.78 is 2.08. The highest BCUT2D eigenvalue weighted by Gasteiger charge is 2.12. The van der Waals surface area contributed by atoms with Gasteiger partial charge in [0.25, 0.3) is 5.56 Å². The van der Waals surface area contributed by atoms with Crippen LogP contribution in [-0.4, -0.2) is 24.5 Å². The zero-order chi connectivity index (χ0) is 13.6. The average molecular weight is 322 g/mol. The van der Waals surface area contributed by atoms with Crippen molar-refractivity contribution in [2.75, 3.05) is 0 Å². The summed E-state index contributed by atoms with van der Waals surface area (Å²) in [5.74, 6) is 0.482. The Bertz CT molecular complexity index is 892. The first kappa shape index (κ1) is 11.8. The van der Waals surface area contributed by atoms with Gasteiger partial charge in [0.2, 0.25) is 0 Å². The number of aromatic amines is 2. The predicted octanol–water partition coefficient (Wildman–Crippen LogP) is 0.774. The molecule has 96 valence electrons. The molecule has 0 aromatic carbocycles. The van der Waals surface area contributed by atoms with Crippen molar-refractivity contribution in [2.45, 2.75) is 0 Å². The van der Waals surface area contributed by atoms with Crippen molar-refractivity contribution in [3.05, 3.63) is 43.8 Å². The summed E-state index contributed by atoms with van der Waals surface area (Å²) in [5, 5.41) is 0. The fourth-order valence-electron chi connectivity index (χ4n) is 1.78. The minimum Gasteiger partial charge on any atom is -0.332 e. The van der Waals surface area contributed by atoms with Gasteiger partial charge in [0.05, 0.1) is 0 Å². The number of pyridine rings is 1. The number of nitrogens with one attached hydrogen (secondary N) is 2. The summed E-state index contributed by atoms with van der Waals surface area (Å²) in [5.41, 5.74) is 0.306. The third-order valence-electron chi connectivity index (χ3n) is 2.73. The van der Waals surface area contributed by atoms with Crippen LogP contribution in [0.25, 0.3) is 22.6 Å². The van der Waals surface area contributed by atoms with Crippen molar-refractivity contribution in [3.8, 4) is 11.4 Å². The summed E-state index contributed by atoms with van der Waals surface area (Å²) in [6, 6.07) is 1.82. The van der Waals surface area contributed by atoms with Gasteiger partial charge in [0.1, 0.15) is 11.3 Å². The van der Waals surface area contributed by atoms with Crippen molar-refractivity contribution in [1.29, 1.82) is 0 Å². The van der Waals surface area contributed by atoms with Crippen LogP contribution >= 0.6 is 15.9 Å². The molecule has 0 saturated carbocycles. The number of rotatable bonds is 1. The second-order valence-electron chi connectivity index (χ2n) is 3.99. The Morgan fingerprint density at radius 3 is 2.79 bits per heavy atom. The molecule has 0 unspecified atom stereocenters. The summed E-state index contributed by atoms with van der Waals surface area (Å²) in [4.78, 5) is 36.6. The fourth-order valence-corrected chi connectivity index (χ4v) is 2.15. The van der Waals surface area contributed by atoms with Crippen LogP contribution in [0.2, 0.25) is 0 Å². The summed E-state index contributed by atoms with van der Waals surface area (Å²) >= 11 is 3.32. The smallest absolute Gasteiger partial charge is 0.329 e. The van der Waals surface area contributed by atoms with E-state index < -0.39 is 11.2 Å². The summed E-state index contributed by atoms with van der Waals surface area (Å²) in [7, 11) is 1.55. The van der Waals surface area contributed by atoms with Gasteiger partial charge in [-0.05, 0) is 22.0 Å². The zero-order valence-corrected chi connectivity index (χ0v) is 11.4. The normalized spacial score (nSPS) is 11.1. The SMILES string of the molecule is Cn1c(=O)[nH]c(=O)c2[nH]c(-c3cncc(Br)c3)nc21. The van der Waals surface area contributed by atoms with Gasteiger partial charge in [0.15, 0.2) is 5.65 Å². The van der Waals surface area contributed by atoms with Gasteiger partial charge >= 0.3 is 5.69 Å². The molecule has 0 amide bonds. The Labute approximate surface area is 114 Å². The van der Waals surface area contributed by atoms with E-state index in [1.54, 1.807) is 19.4 Å². The Balaban J connectivity index is 2.34. The maximum absolute atomic E-state index is 11.7. The number of nitrogens with zero attached hydrogens (tertiary/aromatic N) is 3. The lowest BCUT2D eigenvalue weighted by molar-refractivity contribution is 0.832. The van der Waals surface area contributed by atoms with Gasteiger partial charge < -0.3 is 4.98 Å². The highest BCUT2D eigenvalue weighted by Crippen LogP contribution is 2.20. The first-order valence-corrected chi connectivity index (χ1v) is 6.15. The van der Waals surface area contributed by atoms with Crippen LogP contribution in [0.15, 0.2) is 32.5 Å². The molecule has 8 heteroatoms. The molecular formula is C11H8BrN5O2. The van der Waals surface area contributed by atoms with Crippen LogP contribution in [0.3, 0.4) is 0 Å². The van der Waals surface area contributed by atoms with Crippen LogP contribution in [0.5, 0.6) is 0 Å². The van der Waals surface area contributed by atoms with E-state index in [9.17, 15) is 9.59 Å². The molecule has 0 atom stereocenters.